The summed E-state index contributed by atoms with van der Waals surface area (Å²) in [7, 11) is 0. The predicted molar refractivity (Wildman–Crippen MR) is 80.8 cm³/mol. The first-order valence-electron chi connectivity index (χ1n) is 6.67. The van der Waals surface area contributed by atoms with Gasteiger partial charge in [0.15, 0.2) is 11.6 Å². The van der Waals surface area contributed by atoms with Gasteiger partial charge in [-0.15, -0.1) is 11.8 Å². The van der Waals surface area contributed by atoms with E-state index < -0.39 is 0 Å². The van der Waals surface area contributed by atoms with Crippen molar-refractivity contribution in [2.45, 2.75) is 18.2 Å². The highest BCUT2D eigenvalue weighted by atomic mass is 32.2. The van der Waals surface area contributed by atoms with Crippen LogP contribution in [0.4, 0.5) is 0 Å². The molecule has 1 aliphatic carbocycles. The van der Waals surface area contributed by atoms with E-state index in [-0.39, 0.29) is 11.6 Å². The van der Waals surface area contributed by atoms with Crippen LogP contribution in [0.2, 0.25) is 0 Å². The van der Waals surface area contributed by atoms with Crippen LogP contribution in [0.5, 0.6) is 0 Å². The van der Waals surface area contributed by atoms with E-state index in [1.165, 1.54) is 0 Å². The summed E-state index contributed by atoms with van der Waals surface area (Å²) in [6, 6.07) is 12.6. The number of fused-ring (bicyclic) bond motifs is 2. The third-order valence-electron chi connectivity index (χ3n) is 3.37. The van der Waals surface area contributed by atoms with E-state index in [0.29, 0.717) is 22.3 Å². The van der Waals surface area contributed by atoms with Crippen molar-refractivity contribution >= 4 is 23.3 Å². The zero-order chi connectivity index (χ0) is 14.1. The summed E-state index contributed by atoms with van der Waals surface area (Å²) in [4.78, 5) is 26.0. The zero-order valence-electron chi connectivity index (χ0n) is 11.2. The molecule has 0 aliphatic heterocycles. The van der Waals surface area contributed by atoms with Crippen molar-refractivity contribution in [2.24, 2.45) is 0 Å². The molecule has 100 valence electrons. The number of ketones is 2. The minimum atomic E-state index is -0.0535. The molecule has 0 fully saturated rings. The minimum Gasteiger partial charge on any atom is -0.289 e. The van der Waals surface area contributed by atoms with Crippen LogP contribution in [-0.2, 0) is 0 Å². The number of rotatable bonds is 3. The molecule has 0 saturated heterocycles. The lowest BCUT2D eigenvalue weighted by Gasteiger charge is -2.17. The van der Waals surface area contributed by atoms with Gasteiger partial charge in [-0.3, -0.25) is 9.59 Å². The maximum absolute atomic E-state index is 12.5. The molecule has 3 rings (SSSR count). The van der Waals surface area contributed by atoms with Crippen LogP contribution in [0, 0.1) is 0 Å². The highest BCUT2D eigenvalue weighted by Gasteiger charge is 2.29. The summed E-state index contributed by atoms with van der Waals surface area (Å²) >= 11 is 1.71. The van der Waals surface area contributed by atoms with E-state index in [1.807, 2.05) is 12.1 Å². The van der Waals surface area contributed by atoms with Crippen molar-refractivity contribution in [1.29, 1.82) is 0 Å². The first-order valence-corrected chi connectivity index (χ1v) is 7.66. The van der Waals surface area contributed by atoms with Crippen molar-refractivity contribution in [2.75, 3.05) is 5.75 Å². The molecular weight excluding hydrogens is 268 g/mol. The van der Waals surface area contributed by atoms with Gasteiger partial charge in [0, 0.05) is 27.1 Å². The summed E-state index contributed by atoms with van der Waals surface area (Å²) in [5.41, 5.74) is 2.09. The van der Waals surface area contributed by atoms with Crippen LogP contribution in [0.15, 0.2) is 47.4 Å². The molecule has 0 saturated carbocycles. The smallest absolute Gasteiger partial charge is 0.194 e. The lowest BCUT2D eigenvalue weighted by Crippen LogP contribution is -2.20. The van der Waals surface area contributed by atoms with Crippen molar-refractivity contribution in [3.05, 3.63) is 64.7 Å². The quantitative estimate of drug-likeness (QED) is 0.682. The average molecular weight is 282 g/mol. The standard InChI is InChI=1S/C17H14O2S/c1-2-9-20-11-7-8-14-15(10-11)17(19)13-6-4-3-5-12(13)16(14)18/h3-8,10H,2,9H2,1H3. The largest absolute Gasteiger partial charge is 0.289 e. The molecule has 0 unspecified atom stereocenters. The average Bonchev–Trinajstić information content (AvgIpc) is 2.50. The molecule has 2 aromatic rings. The molecule has 0 radical (unpaired) electrons. The number of thioether (sulfide) groups is 1. The number of hydrogen-bond acceptors (Lipinski definition) is 3. The molecule has 20 heavy (non-hydrogen) atoms. The first-order chi connectivity index (χ1) is 9.72. The summed E-state index contributed by atoms with van der Waals surface area (Å²) in [6.45, 7) is 2.12. The Morgan fingerprint density at radius 2 is 1.45 bits per heavy atom. The van der Waals surface area contributed by atoms with E-state index >= 15 is 0 Å². The third kappa shape index (κ3) is 2.08. The number of carbonyl (C=O) groups excluding carboxylic acids is 2. The van der Waals surface area contributed by atoms with Gasteiger partial charge in [-0.2, -0.15) is 0 Å². The molecule has 0 amide bonds. The molecule has 0 N–H and O–H groups in total. The summed E-state index contributed by atoms with van der Waals surface area (Å²) < 4.78 is 0. The molecule has 0 aromatic heterocycles. The van der Waals surface area contributed by atoms with Gasteiger partial charge in [0.25, 0.3) is 0 Å². The Hall–Kier alpha value is -1.87. The van der Waals surface area contributed by atoms with Gasteiger partial charge in [-0.05, 0) is 30.4 Å². The van der Waals surface area contributed by atoms with E-state index in [2.05, 4.69) is 6.92 Å². The molecule has 2 aromatic carbocycles. The molecule has 0 bridgehead atoms. The topological polar surface area (TPSA) is 34.1 Å². The van der Waals surface area contributed by atoms with Crippen molar-refractivity contribution < 1.29 is 9.59 Å². The van der Waals surface area contributed by atoms with E-state index in [1.54, 1.807) is 42.1 Å². The van der Waals surface area contributed by atoms with Gasteiger partial charge in [-0.1, -0.05) is 31.2 Å². The van der Waals surface area contributed by atoms with Crippen LogP contribution in [-0.4, -0.2) is 17.3 Å². The zero-order valence-corrected chi connectivity index (χ0v) is 12.0. The Bertz CT molecular complexity index is 704. The van der Waals surface area contributed by atoms with Gasteiger partial charge >= 0.3 is 0 Å². The fourth-order valence-electron chi connectivity index (χ4n) is 2.39. The number of carbonyl (C=O) groups is 2. The normalized spacial score (nSPS) is 13.1. The van der Waals surface area contributed by atoms with Gasteiger partial charge in [-0.25, -0.2) is 0 Å². The van der Waals surface area contributed by atoms with Crippen LogP contribution in [0.3, 0.4) is 0 Å². The van der Waals surface area contributed by atoms with Crippen LogP contribution < -0.4 is 0 Å². The van der Waals surface area contributed by atoms with Gasteiger partial charge < -0.3 is 0 Å². The fraction of sp³-hybridized carbons (Fsp3) is 0.176. The molecule has 0 heterocycles. The van der Waals surface area contributed by atoms with Gasteiger partial charge in [0.05, 0.1) is 0 Å². The maximum Gasteiger partial charge on any atom is 0.194 e. The minimum absolute atomic E-state index is 0.0471. The Morgan fingerprint density at radius 3 is 2.10 bits per heavy atom. The van der Waals surface area contributed by atoms with E-state index in [0.717, 1.165) is 17.1 Å². The monoisotopic (exact) mass is 282 g/mol. The molecule has 0 atom stereocenters. The van der Waals surface area contributed by atoms with E-state index in [4.69, 9.17) is 0 Å². The Labute approximate surface area is 122 Å². The van der Waals surface area contributed by atoms with Crippen molar-refractivity contribution in [3.63, 3.8) is 0 Å². The molecule has 3 heteroatoms. The highest BCUT2D eigenvalue weighted by Crippen LogP contribution is 2.30. The van der Waals surface area contributed by atoms with E-state index in [9.17, 15) is 9.59 Å². The van der Waals surface area contributed by atoms with Crippen LogP contribution in [0.25, 0.3) is 0 Å². The first kappa shape index (κ1) is 13.1. The van der Waals surface area contributed by atoms with Gasteiger partial charge in [0.1, 0.15) is 0 Å². The Kier molecular flexibility index (Phi) is 3.45. The van der Waals surface area contributed by atoms with Gasteiger partial charge in [0.2, 0.25) is 0 Å². The number of benzene rings is 2. The molecule has 1 aliphatic rings. The highest BCUT2D eigenvalue weighted by molar-refractivity contribution is 7.99. The second-order valence-corrected chi connectivity index (χ2v) is 5.93. The SMILES string of the molecule is CCCSc1ccc2c(c1)C(=O)c1ccccc1C2=O. The molecule has 2 nitrogen and oxygen atoms in total. The Balaban J connectivity index is 2.09. The van der Waals surface area contributed by atoms with Crippen molar-refractivity contribution in [1.82, 2.24) is 0 Å². The summed E-state index contributed by atoms with van der Waals surface area (Å²) in [6.07, 6.45) is 1.08. The fourth-order valence-corrected chi connectivity index (χ4v) is 3.19. The predicted octanol–water partition coefficient (Wildman–Crippen LogP) is 3.96. The lowest BCUT2D eigenvalue weighted by atomic mass is 9.84. The summed E-state index contributed by atoms with van der Waals surface area (Å²) in [5.74, 6) is 0.911. The molecule has 0 spiro atoms. The maximum atomic E-state index is 12.5. The summed E-state index contributed by atoms with van der Waals surface area (Å²) in [5, 5.41) is 0. The van der Waals surface area contributed by atoms with Crippen LogP contribution in [0.1, 0.15) is 45.2 Å². The molecular formula is C17H14O2S. The third-order valence-corrected chi connectivity index (χ3v) is 4.57. The number of hydrogen-bond donors (Lipinski definition) is 0. The second-order valence-electron chi connectivity index (χ2n) is 4.76. The second kappa shape index (κ2) is 5.25. The lowest BCUT2D eigenvalue weighted by molar-refractivity contribution is 0.0979. The Morgan fingerprint density at radius 1 is 0.850 bits per heavy atom. The van der Waals surface area contributed by atoms with Crippen LogP contribution >= 0.6 is 11.8 Å². The van der Waals surface area contributed by atoms with Crippen molar-refractivity contribution in [3.8, 4) is 0 Å².